The van der Waals surface area contributed by atoms with Crippen LogP contribution < -0.4 is 4.74 Å². The van der Waals surface area contributed by atoms with Crippen molar-refractivity contribution in [2.24, 2.45) is 0 Å². The van der Waals surface area contributed by atoms with E-state index in [0.717, 1.165) is 18.2 Å². The van der Waals surface area contributed by atoms with E-state index in [1.54, 1.807) is 6.92 Å². The molecule has 0 atom stereocenters. The zero-order chi connectivity index (χ0) is 14.5. The van der Waals surface area contributed by atoms with Crippen LogP contribution in [0.25, 0.3) is 0 Å². The van der Waals surface area contributed by atoms with Crippen molar-refractivity contribution in [2.45, 2.75) is 26.4 Å². The largest absolute Gasteiger partial charge is 0.493 e. The smallest absolute Gasteiger partial charge is 0.416 e. The third-order valence-electron chi connectivity index (χ3n) is 2.26. The van der Waals surface area contributed by atoms with Crippen molar-refractivity contribution in [2.75, 3.05) is 13.2 Å². The Labute approximate surface area is 109 Å². The van der Waals surface area contributed by atoms with Crippen LogP contribution in [0.5, 0.6) is 5.75 Å². The molecule has 6 heteroatoms. The molecule has 3 nitrogen and oxygen atoms in total. The molecule has 0 N–H and O–H groups in total. The lowest BCUT2D eigenvalue weighted by Gasteiger charge is -2.13. The SMILES string of the molecule is CCCOc1ccc(C(F)(F)F)cc1C(=O)OCC. The van der Waals surface area contributed by atoms with Gasteiger partial charge in [0.05, 0.1) is 18.8 Å². The molecule has 0 fully saturated rings. The third-order valence-corrected chi connectivity index (χ3v) is 2.26. The zero-order valence-corrected chi connectivity index (χ0v) is 10.7. The Morgan fingerprint density at radius 3 is 2.47 bits per heavy atom. The molecule has 0 spiro atoms. The zero-order valence-electron chi connectivity index (χ0n) is 10.7. The summed E-state index contributed by atoms with van der Waals surface area (Å²) < 4.78 is 47.8. The van der Waals surface area contributed by atoms with Crippen molar-refractivity contribution < 1.29 is 27.4 Å². The monoisotopic (exact) mass is 276 g/mol. The third kappa shape index (κ3) is 4.15. The van der Waals surface area contributed by atoms with Crippen LogP contribution in [0.4, 0.5) is 13.2 Å². The fraction of sp³-hybridized carbons (Fsp3) is 0.462. The first kappa shape index (κ1) is 15.3. The second-order valence-corrected chi connectivity index (χ2v) is 3.78. The first-order valence-electron chi connectivity index (χ1n) is 5.91. The van der Waals surface area contributed by atoms with Crippen molar-refractivity contribution in [1.29, 1.82) is 0 Å². The maximum Gasteiger partial charge on any atom is 0.416 e. The maximum atomic E-state index is 12.6. The van der Waals surface area contributed by atoms with Crippen LogP contribution in [0.2, 0.25) is 0 Å². The van der Waals surface area contributed by atoms with E-state index in [0.29, 0.717) is 13.0 Å². The van der Waals surface area contributed by atoms with Gasteiger partial charge in [-0.25, -0.2) is 4.79 Å². The topological polar surface area (TPSA) is 35.5 Å². The summed E-state index contributed by atoms with van der Waals surface area (Å²) in [5.41, 5.74) is -1.11. The number of ether oxygens (including phenoxy) is 2. The summed E-state index contributed by atoms with van der Waals surface area (Å²) in [5.74, 6) is -0.715. The molecule has 0 aliphatic carbocycles. The highest BCUT2D eigenvalue weighted by atomic mass is 19.4. The van der Waals surface area contributed by atoms with Gasteiger partial charge in [-0.3, -0.25) is 0 Å². The minimum Gasteiger partial charge on any atom is -0.493 e. The Bertz CT molecular complexity index is 441. The lowest BCUT2D eigenvalue weighted by atomic mass is 10.1. The number of rotatable bonds is 5. The molecule has 0 bridgehead atoms. The molecule has 0 aliphatic heterocycles. The highest BCUT2D eigenvalue weighted by Crippen LogP contribution is 2.33. The Kier molecular flexibility index (Phi) is 5.20. The van der Waals surface area contributed by atoms with Gasteiger partial charge in [-0.1, -0.05) is 6.92 Å². The number of benzene rings is 1. The van der Waals surface area contributed by atoms with Gasteiger partial charge in [-0.2, -0.15) is 13.2 Å². The van der Waals surface area contributed by atoms with E-state index in [4.69, 9.17) is 9.47 Å². The molecule has 0 heterocycles. The van der Waals surface area contributed by atoms with Gasteiger partial charge in [0.15, 0.2) is 0 Å². The van der Waals surface area contributed by atoms with E-state index in [1.165, 1.54) is 0 Å². The van der Waals surface area contributed by atoms with Crippen LogP contribution in [-0.2, 0) is 10.9 Å². The Balaban J connectivity index is 3.14. The van der Waals surface area contributed by atoms with Crippen LogP contribution in [0, 0.1) is 0 Å². The average Bonchev–Trinajstić information content (AvgIpc) is 2.35. The summed E-state index contributed by atoms with van der Waals surface area (Å²) in [6, 6.07) is 2.78. The molecular weight excluding hydrogens is 261 g/mol. The van der Waals surface area contributed by atoms with Crippen molar-refractivity contribution in [1.82, 2.24) is 0 Å². The van der Waals surface area contributed by atoms with Crippen LogP contribution in [0.15, 0.2) is 18.2 Å². The van der Waals surface area contributed by atoms with Crippen molar-refractivity contribution in [3.05, 3.63) is 29.3 Å². The van der Waals surface area contributed by atoms with Crippen LogP contribution >= 0.6 is 0 Å². The predicted octanol–water partition coefficient (Wildman–Crippen LogP) is 3.67. The Hall–Kier alpha value is -1.72. The van der Waals surface area contributed by atoms with Gasteiger partial charge in [-0.15, -0.1) is 0 Å². The minimum atomic E-state index is -4.51. The van der Waals surface area contributed by atoms with Gasteiger partial charge in [-0.05, 0) is 31.5 Å². The first-order chi connectivity index (χ1) is 8.90. The predicted molar refractivity (Wildman–Crippen MR) is 63.2 cm³/mol. The molecule has 0 aliphatic rings. The number of hydrogen-bond acceptors (Lipinski definition) is 3. The number of carbonyl (C=O) groups excluding carboxylic acids is 1. The van der Waals surface area contributed by atoms with Gasteiger partial charge in [0.2, 0.25) is 0 Å². The van der Waals surface area contributed by atoms with Gasteiger partial charge < -0.3 is 9.47 Å². The second-order valence-electron chi connectivity index (χ2n) is 3.78. The van der Waals surface area contributed by atoms with Crippen LogP contribution in [0.3, 0.4) is 0 Å². The summed E-state index contributed by atoms with van der Waals surface area (Å²) in [6.45, 7) is 3.84. The van der Waals surface area contributed by atoms with E-state index in [9.17, 15) is 18.0 Å². The van der Waals surface area contributed by atoms with Gasteiger partial charge in [0, 0.05) is 0 Å². The molecule has 0 unspecified atom stereocenters. The normalized spacial score (nSPS) is 11.2. The summed E-state index contributed by atoms with van der Waals surface area (Å²) >= 11 is 0. The number of halogens is 3. The highest BCUT2D eigenvalue weighted by molar-refractivity contribution is 5.92. The van der Waals surface area contributed by atoms with E-state index in [2.05, 4.69) is 0 Å². The molecule has 0 radical (unpaired) electrons. The quantitative estimate of drug-likeness (QED) is 0.770. The molecule has 19 heavy (non-hydrogen) atoms. The lowest BCUT2D eigenvalue weighted by molar-refractivity contribution is -0.137. The van der Waals surface area contributed by atoms with Gasteiger partial charge >= 0.3 is 12.1 Å². The minimum absolute atomic E-state index is 0.0856. The highest BCUT2D eigenvalue weighted by Gasteiger charge is 2.32. The molecule has 1 aromatic rings. The van der Waals surface area contributed by atoms with Crippen molar-refractivity contribution >= 4 is 5.97 Å². The summed E-state index contributed by atoms with van der Waals surface area (Å²) in [5, 5.41) is 0. The summed E-state index contributed by atoms with van der Waals surface area (Å²) in [6.07, 6.45) is -3.83. The molecule has 0 aromatic heterocycles. The van der Waals surface area contributed by atoms with Crippen LogP contribution in [0.1, 0.15) is 36.2 Å². The molecule has 0 amide bonds. The van der Waals surface area contributed by atoms with E-state index < -0.39 is 17.7 Å². The van der Waals surface area contributed by atoms with E-state index >= 15 is 0 Å². The fourth-order valence-corrected chi connectivity index (χ4v) is 1.41. The number of carbonyl (C=O) groups is 1. The van der Waals surface area contributed by atoms with Crippen molar-refractivity contribution in [3.63, 3.8) is 0 Å². The second kappa shape index (κ2) is 6.45. The van der Waals surface area contributed by atoms with E-state index in [-0.39, 0.29) is 17.9 Å². The fourth-order valence-electron chi connectivity index (χ4n) is 1.41. The first-order valence-corrected chi connectivity index (χ1v) is 5.91. The van der Waals surface area contributed by atoms with Gasteiger partial charge in [0.1, 0.15) is 11.3 Å². The maximum absolute atomic E-state index is 12.6. The lowest BCUT2D eigenvalue weighted by Crippen LogP contribution is -2.12. The molecule has 1 aromatic carbocycles. The molecular formula is C13H15F3O3. The Morgan fingerprint density at radius 2 is 1.95 bits per heavy atom. The van der Waals surface area contributed by atoms with Gasteiger partial charge in [0.25, 0.3) is 0 Å². The van der Waals surface area contributed by atoms with Crippen molar-refractivity contribution in [3.8, 4) is 5.75 Å². The molecule has 0 saturated carbocycles. The molecule has 106 valence electrons. The Morgan fingerprint density at radius 1 is 1.26 bits per heavy atom. The number of esters is 1. The summed E-state index contributed by atoms with van der Waals surface area (Å²) in [4.78, 5) is 11.6. The molecule has 0 saturated heterocycles. The average molecular weight is 276 g/mol. The number of alkyl halides is 3. The standard InChI is InChI=1S/C13H15F3O3/c1-3-7-19-11-6-5-9(13(14,15)16)8-10(11)12(17)18-4-2/h5-6,8H,3-4,7H2,1-2H3. The number of hydrogen-bond donors (Lipinski definition) is 0. The summed E-state index contributed by atoms with van der Waals surface area (Å²) in [7, 11) is 0. The van der Waals surface area contributed by atoms with Crippen LogP contribution in [-0.4, -0.2) is 19.2 Å². The molecule has 1 rings (SSSR count). The van der Waals surface area contributed by atoms with E-state index in [1.807, 2.05) is 6.92 Å².